The first-order chi connectivity index (χ1) is 7.58. The van der Waals surface area contributed by atoms with E-state index in [1.807, 2.05) is 0 Å². The maximum Gasteiger partial charge on any atom is 0.243 e. The van der Waals surface area contributed by atoms with Crippen molar-refractivity contribution in [3.63, 3.8) is 0 Å². The monoisotopic (exact) mass is 225 g/mol. The maximum atomic E-state index is 11.2. The lowest BCUT2D eigenvalue weighted by Crippen LogP contribution is -2.35. The molecule has 0 aliphatic heterocycles. The maximum absolute atomic E-state index is 11.2. The van der Waals surface area contributed by atoms with E-state index < -0.39 is 0 Å². The molecule has 0 aliphatic rings. The van der Waals surface area contributed by atoms with E-state index in [4.69, 9.17) is 0 Å². The molecule has 1 N–H and O–H groups in total. The number of carbonyl (C=O) groups is 1. The highest BCUT2D eigenvalue weighted by Crippen LogP contribution is 2.29. The fourth-order valence-electron chi connectivity index (χ4n) is 1.88. The van der Waals surface area contributed by atoms with Crippen molar-refractivity contribution in [1.29, 1.82) is 0 Å². The normalized spacial score (nSPS) is 11.2. The summed E-state index contributed by atoms with van der Waals surface area (Å²) in [5, 5.41) is 2.93. The Morgan fingerprint density at radius 3 is 2.12 bits per heavy atom. The average molecular weight is 225 g/mol. The first-order valence-electron chi connectivity index (χ1n) is 6.48. The zero-order valence-corrected chi connectivity index (χ0v) is 11.1. The van der Waals surface area contributed by atoms with Gasteiger partial charge in [-0.25, -0.2) is 0 Å². The lowest BCUT2D eigenvalue weighted by Gasteiger charge is -2.29. The second-order valence-electron chi connectivity index (χ2n) is 4.94. The Morgan fingerprint density at radius 1 is 1.25 bits per heavy atom. The summed E-state index contributed by atoms with van der Waals surface area (Å²) >= 11 is 0. The predicted molar refractivity (Wildman–Crippen MR) is 70.4 cm³/mol. The molecule has 16 heavy (non-hydrogen) atoms. The Balaban J connectivity index is 4.16. The van der Waals surface area contributed by atoms with Gasteiger partial charge in [-0.2, -0.15) is 0 Å². The largest absolute Gasteiger partial charge is 0.352 e. The minimum Gasteiger partial charge on any atom is -0.352 e. The molecule has 0 heterocycles. The molecule has 2 heteroatoms. The Morgan fingerprint density at radius 2 is 1.75 bits per heavy atom. The Hall–Kier alpha value is -0.790. The van der Waals surface area contributed by atoms with Crippen LogP contribution < -0.4 is 5.32 Å². The number of rotatable bonds is 9. The molecule has 0 radical (unpaired) electrons. The number of hydrogen-bond acceptors (Lipinski definition) is 1. The molecule has 0 fully saturated rings. The van der Waals surface area contributed by atoms with Gasteiger partial charge in [-0.15, -0.1) is 0 Å². The number of nitrogens with one attached hydrogen (secondary N) is 1. The molecule has 0 spiro atoms. The molecule has 0 saturated carbocycles. The van der Waals surface area contributed by atoms with Crippen LogP contribution in [-0.2, 0) is 4.79 Å². The minimum atomic E-state index is -0.0563. The van der Waals surface area contributed by atoms with E-state index in [-0.39, 0.29) is 11.3 Å². The third-order valence-electron chi connectivity index (χ3n) is 3.14. The molecule has 0 rings (SSSR count). The van der Waals surface area contributed by atoms with Gasteiger partial charge in [0.15, 0.2) is 0 Å². The van der Waals surface area contributed by atoms with Crippen LogP contribution in [0.4, 0.5) is 0 Å². The van der Waals surface area contributed by atoms with Gasteiger partial charge in [0.05, 0.1) is 0 Å². The molecular formula is C14H27NO. The highest BCUT2D eigenvalue weighted by atomic mass is 16.1. The summed E-state index contributed by atoms with van der Waals surface area (Å²) in [6.45, 7) is 11.0. The Bertz CT molecular complexity index is 203. The molecule has 0 aromatic heterocycles. The zero-order valence-electron chi connectivity index (χ0n) is 11.1. The van der Waals surface area contributed by atoms with E-state index in [9.17, 15) is 4.79 Å². The van der Waals surface area contributed by atoms with E-state index in [1.165, 1.54) is 44.6 Å². The lowest BCUT2D eigenvalue weighted by atomic mass is 9.80. The number of unbranched alkanes of at least 4 members (excludes halogenated alkanes) is 2. The molecule has 1 amide bonds. The second-order valence-corrected chi connectivity index (χ2v) is 4.94. The smallest absolute Gasteiger partial charge is 0.243 e. The van der Waals surface area contributed by atoms with Crippen molar-refractivity contribution in [1.82, 2.24) is 5.32 Å². The van der Waals surface area contributed by atoms with Crippen molar-refractivity contribution in [2.75, 3.05) is 6.54 Å². The zero-order chi connectivity index (χ0) is 12.4. The van der Waals surface area contributed by atoms with Crippen molar-refractivity contribution < 1.29 is 4.79 Å². The van der Waals surface area contributed by atoms with Crippen LogP contribution in [0, 0.1) is 5.41 Å². The molecule has 0 aromatic rings. The number of hydrogen-bond donors (Lipinski definition) is 1. The van der Waals surface area contributed by atoms with Gasteiger partial charge in [0.2, 0.25) is 5.91 Å². The van der Waals surface area contributed by atoms with Crippen LogP contribution in [0.1, 0.15) is 59.3 Å². The number of carbonyl (C=O) groups excluding carboxylic acids is 1. The molecule has 2 nitrogen and oxygen atoms in total. The summed E-state index contributed by atoms with van der Waals surface area (Å²) in [5.74, 6) is -0.0563. The van der Waals surface area contributed by atoms with Gasteiger partial charge < -0.3 is 5.32 Å². The van der Waals surface area contributed by atoms with Gasteiger partial charge >= 0.3 is 0 Å². The molecule has 94 valence electrons. The fraction of sp³-hybridized carbons (Fsp3) is 0.786. The number of amides is 1. The first kappa shape index (κ1) is 15.2. The first-order valence-corrected chi connectivity index (χ1v) is 6.48. The lowest BCUT2D eigenvalue weighted by molar-refractivity contribution is -0.117. The summed E-state index contributed by atoms with van der Waals surface area (Å²) in [7, 11) is 0. The summed E-state index contributed by atoms with van der Waals surface area (Å²) in [4.78, 5) is 11.2. The van der Waals surface area contributed by atoms with Crippen LogP contribution in [0.5, 0.6) is 0 Å². The highest BCUT2D eigenvalue weighted by Gasteiger charge is 2.23. The van der Waals surface area contributed by atoms with Crippen molar-refractivity contribution in [2.45, 2.75) is 59.3 Å². The van der Waals surface area contributed by atoms with Gasteiger partial charge in [-0.3, -0.25) is 4.79 Å². The van der Waals surface area contributed by atoms with E-state index in [0.29, 0.717) is 0 Å². The molecular weight excluding hydrogens is 198 g/mol. The van der Waals surface area contributed by atoms with Crippen molar-refractivity contribution in [3.8, 4) is 0 Å². The molecule has 0 atom stereocenters. The van der Waals surface area contributed by atoms with E-state index in [1.54, 1.807) is 0 Å². The van der Waals surface area contributed by atoms with E-state index in [0.717, 1.165) is 6.54 Å². The van der Waals surface area contributed by atoms with Crippen molar-refractivity contribution >= 4 is 5.91 Å². The second kappa shape index (κ2) is 8.37. The summed E-state index contributed by atoms with van der Waals surface area (Å²) in [6, 6.07) is 0. The van der Waals surface area contributed by atoms with Gasteiger partial charge in [-0.05, 0) is 24.3 Å². The molecule has 0 aromatic carbocycles. The van der Waals surface area contributed by atoms with Crippen molar-refractivity contribution in [3.05, 3.63) is 12.7 Å². The van der Waals surface area contributed by atoms with Crippen LogP contribution in [0.15, 0.2) is 12.7 Å². The molecule has 0 aliphatic carbocycles. The van der Waals surface area contributed by atoms with Gasteiger partial charge in [0.1, 0.15) is 0 Å². The molecule has 0 bridgehead atoms. The highest BCUT2D eigenvalue weighted by molar-refractivity contribution is 5.86. The van der Waals surface area contributed by atoms with Gasteiger partial charge in [0, 0.05) is 6.54 Å². The van der Waals surface area contributed by atoms with Crippen LogP contribution >= 0.6 is 0 Å². The van der Waals surface area contributed by atoms with Gasteiger partial charge in [-0.1, -0.05) is 53.0 Å². The third kappa shape index (κ3) is 6.65. The van der Waals surface area contributed by atoms with Crippen LogP contribution in [0.25, 0.3) is 0 Å². The third-order valence-corrected chi connectivity index (χ3v) is 3.14. The average Bonchev–Trinajstić information content (AvgIpc) is 2.31. The molecule has 0 unspecified atom stereocenters. The SMILES string of the molecule is C=CC(=O)NCC(C)(CCCC)CCCC. The summed E-state index contributed by atoms with van der Waals surface area (Å²) < 4.78 is 0. The van der Waals surface area contributed by atoms with Crippen LogP contribution in [0.2, 0.25) is 0 Å². The quantitative estimate of drug-likeness (QED) is 0.596. The Labute approximate surface area is 101 Å². The predicted octanol–water partition coefficient (Wildman–Crippen LogP) is 3.68. The molecule has 0 saturated heterocycles. The van der Waals surface area contributed by atoms with Crippen LogP contribution in [-0.4, -0.2) is 12.5 Å². The minimum absolute atomic E-state index is 0.0563. The summed E-state index contributed by atoms with van der Waals surface area (Å²) in [6.07, 6.45) is 8.66. The fourth-order valence-corrected chi connectivity index (χ4v) is 1.88. The van der Waals surface area contributed by atoms with Crippen LogP contribution in [0.3, 0.4) is 0 Å². The topological polar surface area (TPSA) is 29.1 Å². The standard InChI is InChI=1S/C14H27NO/c1-5-8-10-14(4,11-9-6-2)12-15-13(16)7-3/h7H,3,5-6,8-12H2,1-2,4H3,(H,15,16). The Kier molecular flexibility index (Phi) is 7.96. The van der Waals surface area contributed by atoms with E-state index in [2.05, 4.69) is 32.7 Å². The summed E-state index contributed by atoms with van der Waals surface area (Å²) in [5.41, 5.74) is 0.255. The van der Waals surface area contributed by atoms with Crippen molar-refractivity contribution in [2.24, 2.45) is 5.41 Å². The van der Waals surface area contributed by atoms with E-state index >= 15 is 0 Å². The van der Waals surface area contributed by atoms with Gasteiger partial charge in [0.25, 0.3) is 0 Å².